The fraction of sp³-hybridized carbons (Fsp3) is 0.562. The van der Waals surface area contributed by atoms with E-state index in [1.54, 1.807) is 4.90 Å². The Morgan fingerprint density at radius 3 is 2.71 bits per heavy atom. The summed E-state index contributed by atoms with van der Waals surface area (Å²) in [4.78, 5) is 15.7. The average Bonchev–Trinajstić information content (AvgIpc) is 2.43. The first-order valence-corrected chi connectivity index (χ1v) is 8.24. The van der Waals surface area contributed by atoms with Crippen molar-refractivity contribution in [3.8, 4) is 0 Å². The number of anilines is 1. The van der Waals surface area contributed by atoms with E-state index in [0.29, 0.717) is 12.5 Å². The molecule has 0 unspecified atom stereocenters. The molecule has 0 atom stereocenters. The zero-order valence-electron chi connectivity index (χ0n) is 13.0. The second-order valence-electron chi connectivity index (χ2n) is 6.04. The number of benzene rings is 1. The summed E-state index contributed by atoms with van der Waals surface area (Å²) >= 11 is 3.65. The Labute approximate surface area is 135 Å². The van der Waals surface area contributed by atoms with Crippen LogP contribution in [-0.4, -0.2) is 44.0 Å². The number of likely N-dealkylation sites (N-methyl/N-ethyl adjacent to an activating group) is 1. The van der Waals surface area contributed by atoms with Gasteiger partial charge in [0.05, 0.1) is 6.54 Å². The molecule has 1 aliphatic heterocycles. The van der Waals surface area contributed by atoms with Crippen LogP contribution >= 0.6 is 15.9 Å². The maximum Gasteiger partial charge on any atom is 0.241 e. The summed E-state index contributed by atoms with van der Waals surface area (Å²) in [5.41, 5.74) is 2.36. The predicted octanol–water partition coefficient (Wildman–Crippen LogP) is 2.47. The molecule has 116 valence electrons. The molecule has 0 saturated carbocycles. The fourth-order valence-electron chi connectivity index (χ4n) is 2.35. The summed E-state index contributed by atoms with van der Waals surface area (Å²) in [5, 5.41) is 3.45. The van der Waals surface area contributed by atoms with Crippen LogP contribution in [0.2, 0.25) is 0 Å². The van der Waals surface area contributed by atoms with Crippen molar-refractivity contribution in [1.29, 1.82) is 0 Å². The molecule has 0 bridgehead atoms. The molecule has 1 fully saturated rings. The van der Waals surface area contributed by atoms with E-state index in [2.05, 4.69) is 58.2 Å². The maximum absolute atomic E-state index is 11.8. The van der Waals surface area contributed by atoms with Gasteiger partial charge in [0.1, 0.15) is 0 Å². The first-order chi connectivity index (χ1) is 9.97. The smallest absolute Gasteiger partial charge is 0.241 e. The monoisotopic (exact) mass is 353 g/mol. The molecule has 1 saturated heterocycles. The molecule has 2 rings (SSSR count). The number of amides is 1. The van der Waals surface area contributed by atoms with Crippen molar-refractivity contribution in [2.45, 2.75) is 20.4 Å². The molecule has 0 radical (unpaired) electrons. The van der Waals surface area contributed by atoms with Gasteiger partial charge in [0.25, 0.3) is 0 Å². The van der Waals surface area contributed by atoms with Crippen molar-refractivity contribution in [2.75, 3.05) is 38.1 Å². The first kappa shape index (κ1) is 16.3. The van der Waals surface area contributed by atoms with E-state index in [-0.39, 0.29) is 5.91 Å². The van der Waals surface area contributed by atoms with E-state index >= 15 is 0 Å². The molecule has 1 N–H and O–H groups in total. The van der Waals surface area contributed by atoms with E-state index in [1.165, 1.54) is 5.56 Å². The SMILES string of the molecule is CC(C)CNCc1ccc(N2CCN(C)C(=O)C2)cc1Br. The first-order valence-electron chi connectivity index (χ1n) is 7.45. The third-order valence-electron chi connectivity index (χ3n) is 3.73. The lowest BCUT2D eigenvalue weighted by Gasteiger charge is -2.33. The quantitative estimate of drug-likeness (QED) is 0.883. The molecule has 1 aliphatic rings. The highest BCUT2D eigenvalue weighted by atomic mass is 79.9. The molecule has 21 heavy (non-hydrogen) atoms. The van der Waals surface area contributed by atoms with Crippen LogP contribution in [0.15, 0.2) is 22.7 Å². The fourth-order valence-corrected chi connectivity index (χ4v) is 2.86. The lowest BCUT2D eigenvalue weighted by molar-refractivity contribution is -0.129. The number of halogens is 1. The number of carbonyl (C=O) groups is 1. The summed E-state index contributed by atoms with van der Waals surface area (Å²) in [6.07, 6.45) is 0. The summed E-state index contributed by atoms with van der Waals surface area (Å²) in [7, 11) is 1.86. The number of carbonyl (C=O) groups excluding carboxylic acids is 1. The van der Waals surface area contributed by atoms with Gasteiger partial charge in [-0.2, -0.15) is 0 Å². The molecule has 0 aliphatic carbocycles. The average molecular weight is 354 g/mol. The molecule has 1 amide bonds. The summed E-state index contributed by atoms with van der Waals surface area (Å²) in [6, 6.07) is 6.36. The molecule has 4 nitrogen and oxygen atoms in total. The molecule has 1 aromatic rings. The van der Waals surface area contributed by atoms with E-state index in [0.717, 1.165) is 36.3 Å². The van der Waals surface area contributed by atoms with Crippen LogP contribution in [0, 0.1) is 5.92 Å². The van der Waals surface area contributed by atoms with Crippen LogP contribution in [-0.2, 0) is 11.3 Å². The number of piperazine rings is 1. The normalized spacial score (nSPS) is 16.0. The second-order valence-corrected chi connectivity index (χ2v) is 6.89. The van der Waals surface area contributed by atoms with Gasteiger partial charge in [0.2, 0.25) is 5.91 Å². The molecule has 1 aromatic carbocycles. The number of nitrogens with one attached hydrogen (secondary N) is 1. The van der Waals surface area contributed by atoms with Gasteiger partial charge in [-0.25, -0.2) is 0 Å². The summed E-state index contributed by atoms with van der Waals surface area (Å²) in [5.74, 6) is 0.833. The second kappa shape index (κ2) is 7.27. The largest absolute Gasteiger partial charge is 0.360 e. The van der Waals surface area contributed by atoms with Gasteiger partial charge >= 0.3 is 0 Å². The van der Waals surface area contributed by atoms with Crippen LogP contribution in [0.4, 0.5) is 5.69 Å². The zero-order chi connectivity index (χ0) is 15.4. The third kappa shape index (κ3) is 4.45. The highest BCUT2D eigenvalue weighted by Crippen LogP contribution is 2.25. The van der Waals surface area contributed by atoms with Crippen LogP contribution in [0.1, 0.15) is 19.4 Å². The van der Waals surface area contributed by atoms with E-state index < -0.39 is 0 Å². The van der Waals surface area contributed by atoms with Crippen LogP contribution in [0.25, 0.3) is 0 Å². The van der Waals surface area contributed by atoms with Crippen molar-refractivity contribution >= 4 is 27.5 Å². The van der Waals surface area contributed by atoms with Crippen molar-refractivity contribution < 1.29 is 4.79 Å². The van der Waals surface area contributed by atoms with Gasteiger partial charge in [-0.15, -0.1) is 0 Å². The molecule has 1 heterocycles. The minimum absolute atomic E-state index is 0.181. The minimum atomic E-state index is 0.181. The van der Waals surface area contributed by atoms with Crippen LogP contribution in [0.3, 0.4) is 0 Å². The van der Waals surface area contributed by atoms with Gasteiger partial charge in [0.15, 0.2) is 0 Å². The van der Waals surface area contributed by atoms with Crippen LogP contribution < -0.4 is 10.2 Å². The number of nitrogens with zero attached hydrogens (tertiary/aromatic N) is 2. The zero-order valence-corrected chi connectivity index (χ0v) is 14.6. The molecule has 5 heteroatoms. The Kier molecular flexibility index (Phi) is 5.65. The highest BCUT2D eigenvalue weighted by molar-refractivity contribution is 9.10. The van der Waals surface area contributed by atoms with Crippen molar-refractivity contribution in [3.05, 3.63) is 28.2 Å². The Morgan fingerprint density at radius 2 is 2.10 bits per heavy atom. The number of hydrogen-bond acceptors (Lipinski definition) is 3. The van der Waals surface area contributed by atoms with Gasteiger partial charge in [-0.1, -0.05) is 35.8 Å². The van der Waals surface area contributed by atoms with E-state index in [4.69, 9.17) is 0 Å². The lowest BCUT2D eigenvalue weighted by Crippen LogP contribution is -2.48. The Balaban J connectivity index is 2.00. The lowest BCUT2D eigenvalue weighted by atomic mass is 10.1. The Hall–Kier alpha value is -1.07. The number of rotatable bonds is 5. The van der Waals surface area contributed by atoms with Gasteiger partial charge in [-0.3, -0.25) is 4.79 Å². The maximum atomic E-state index is 11.8. The molecular weight excluding hydrogens is 330 g/mol. The number of hydrogen-bond donors (Lipinski definition) is 1. The summed E-state index contributed by atoms with van der Waals surface area (Å²) < 4.78 is 1.10. The van der Waals surface area contributed by atoms with Crippen LogP contribution in [0.5, 0.6) is 0 Å². The third-order valence-corrected chi connectivity index (χ3v) is 4.47. The van der Waals surface area contributed by atoms with E-state index in [9.17, 15) is 4.79 Å². The predicted molar refractivity (Wildman–Crippen MR) is 90.5 cm³/mol. The Morgan fingerprint density at radius 1 is 1.33 bits per heavy atom. The molecule has 0 spiro atoms. The molecular formula is C16H24BrN3O. The minimum Gasteiger partial charge on any atom is -0.360 e. The topological polar surface area (TPSA) is 35.6 Å². The van der Waals surface area contributed by atoms with Gasteiger partial charge in [-0.05, 0) is 30.2 Å². The van der Waals surface area contributed by atoms with Gasteiger partial charge in [0, 0.05) is 36.8 Å². The standard InChI is InChI=1S/C16H24BrN3O/c1-12(2)9-18-10-13-4-5-14(8-15(13)17)20-7-6-19(3)16(21)11-20/h4-5,8,12,18H,6-7,9-11H2,1-3H3. The summed E-state index contributed by atoms with van der Waals surface area (Å²) in [6.45, 7) is 8.43. The van der Waals surface area contributed by atoms with E-state index in [1.807, 2.05) is 7.05 Å². The van der Waals surface area contributed by atoms with Gasteiger partial charge < -0.3 is 15.1 Å². The highest BCUT2D eigenvalue weighted by Gasteiger charge is 2.21. The Bertz CT molecular complexity index is 504. The van der Waals surface area contributed by atoms with Crippen molar-refractivity contribution in [1.82, 2.24) is 10.2 Å². The van der Waals surface area contributed by atoms with Crippen molar-refractivity contribution in [2.24, 2.45) is 5.92 Å². The van der Waals surface area contributed by atoms with Crippen molar-refractivity contribution in [3.63, 3.8) is 0 Å². The molecule has 0 aromatic heterocycles.